The lowest BCUT2D eigenvalue weighted by atomic mass is 9.69. The fraction of sp³-hybridized carbons (Fsp3) is 0.400. The van der Waals surface area contributed by atoms with Gasteiger partial charge in [0.1, 0.15) is 12.5 Å². The lowest BCUT2D eigenvalue weighted by Gasteiger charge is -2.36. The van der Waals surface area contributed by atoms with Crippen LogP contribution in [0.1, 0.15) is 53.1 Å². The summed E-state index contributed by atoms with van der Waals surface area (Å²) < 4.78 is 26.2. The maximum atomic E-state index is 13.8. The number of benzene rings is 2. The Morgan fingerprint density at radius 1 is 0.897 bits per heavy atom. The Morgan fingerprint density at radius 2 is 1.59 bits per heavy atom. The largest absolute Gasteiger partial charge is 0.493 e. The summed E-state index contributed by atoms with van der Waals surface area (Å²) in [6, 6.07) is 12.4. The quantitative estimate of drug-likeness (QED) is 0.346. The first-order valence-corrected chi connectivity index (χ1v) is 12.7. The van der Waals surface area contributed by atoms with Gasteiger partial charge in [-0.2, -0.15) is 0 Å². The van der Waals surface area contributed by atoms with Gasteiger partial charge in [0.05, 0.1) is 33.5 Å². The van der Waals surface area contributed by atoms with Crippen LogP contribution in [0.2, 0.25) is 0 Å². The van der Waals surface area contributed by atoms with Crippen LogP contribution in [0.3, 0.4) is 0 Å². The van der Waals surface area contributed by atoms with E-state index in [-0.39, 0.29) is 31.3 Å². The van der Waals surface area contributed by atoms with Gasteiger partial charge in [-0.05, 0) is 54.7 Å². The van der Waals surface area contributed by atoms with Crippen molar-refractivity contribution in [1.29, 1.82) is 0 Å². The molecule has 0 radical (unpaired) electrons. The van der Waals surface area contributed by atoms with Gasteiger partial charge >= 0.3 is 11.9 Å². The first-order valence-electron chi connectivity index (χ1n) is 12.7. The highest BCUT2D eigenvalue weighted by atomic mass is 16.6. The Morgan fingerprint density at radius 3 is 2.23 bits per heavy atom. The lowest BCUT2D eigenvalue weighted by Crippen LogP contribution is -2.38. The molecule has 0 saturated carbocycles. The number of hydrogen-bond acceptors (Lipinski definition) is 9. The number of esters is 2. The minimum atomic E-state index is -0.786. The first kappa shape index (κ1) is 28.0. The summed E-state index contributed by atoms with van der Waals surface area (Å²) in [7, 11) is 5.99. The van der Waals surface area contributed by atoms with Crippen molar-refractivity contribution in [2.75, 3.05) is 41.7 Å². The third-order valence-corrected chi connectivity index (χ3v) is 7.24. The van der Waals surface area contributed by atoms with Crippen LogP contribution in [0.5, 0.6) is 11.5 Å². The zero-order valence-corrected chi connectivity index (χ0v) is 22.8. The van der Waals surface area contributed by atoms with Gasteiger partial charge in [-0.25, -0.2) is 4.79 Å². The van der Waals surface area contributed by atoms with Gasteiger partial charge in [-0.15, -0.1) is 0 Å². The van der Waals surface area contributed by atoms with E-state index in [1.165, 1.54) is 14.2 Å². The molecule has 0 bridgehead atoms. The summed E-state index contributed by atoms with van der Waals surface area (Å²) in [5, 5.41) is 0. The van der Waals surface area contributed by atoms with Crippen LogP contribution in [-0.4, -0.2) is 65.1 Å². The second-order valence-corrected chi connectivity index (χ2v) is 9.49. The number of rotatable bonds is 9. The van der Waals surface area contributed by atoms with Crippen molar-refractivity contribution in [2.45, 2.75) is 31.6 Å². The van der Waals surface area contributed by atoms with Crippen LogP contribution < -0.4 is 9.47 Å². The summed E-state index contributed by atoms with van der Waals surface area (Å²) in [4.78, 5) is 43.9. The van der Waals surface area contributed by atoms with E-state index in [0.717, 1.165) is 11.1 Å². The molecular weight excluding hydrogens is 502 g/mol. The van der Waals surface area contributed by atoms with Crippen molar-refractivity contribution < 1.29 is 38.1 Å². The molecule has 2 aromatic carbocycles. The van der Waals surface area contributed by atoms with Gasteiger partial charge in [0.25, 0.3) is 0 Å². The second-order valence-electron chi connectivity index (χ2n) is 9.49. The predicted octanol–water partition coefficient (Wildman–Crippen LogP) is 4.26. The Hall–Kier alpha value is -3.98. The average Bonchev–Trinajstić information content (AvgIpc) is 2.95. The van der Waals surface area contributed by atoms with Crippen molar-refractivity contribution in [3.05, 3.63) is 70.4 Å². The Bertz CT molecular complexity index is 1310. The van der Waals surface area contributed by atoms with Crippen molar-refractivity contribution in [2.24, 2.45) is 10.9 Å². The summed E-state index contributed by atoms with van der Waals surface area (Å²) in [5.41, 5.74) is 3.78. The minimum absolute atomic E-state index is 0.0796. The van der Waals surface area contributed by atoms with Crippen LogP contribution in [-0.2, 0) is 23.8 Å². The molecule has 0 N–H and O–H groups in total. The first-order chi connectivity index (χ1) is 18.8. The standard InChI is InChI=1S/C30H33NO8/c1-17-26(30(34)39-13-12-35-2)27(18-6-8-19(9-7-18)29(33)38-5)28-22(31-17)14-21(15-23(28)32)20-10-11-24(36-3)25(16-20)37-4/h6-11,16,21,26-27H,12-15H2,1-5H3/t21-,26?,27+/m0/s1. The molecule has 39 heavy (non-hydrogen) atoms. The zero-order valence-electron chi connectivity index (χ0n) is 22.8. The van der Waals surface area contributed by atoms with E-state index in [1.54, 1.807) is 45.4 Å². The molecule has 0 spiro atoms. The molecule has 4 rings (SSSR count). The predicted molar refractivity (Wildman–Crippen MR) is 144 cm³/mol. The fourth-order valence-electron chi connectivity index (χ4n) is 5.33. The smallest absolute Gasteiger partial charge is 0.337 e. The van der Waals surface area contributed by atoms with E-state index < -0.39 is 23.8 Å². The van der Waals surface area contributed by atoms with Crippen LogP contribution >= 0.6 is 0 Å². The van der Waals surface area contributed by atoms with E-state index in [9.17, 15) is 14.4 Å². The molecule has 1 aliphatic carbocycles. The topological polar surface area (TPSA) is 110 Å². The molecule has 1 unspecified atom stereocenters. The lowest BCUT2D eigenvalue weighted by molar-refractivity contribution is -0.147. The highest BCUT2D eigenvalue weighted by Crippen LogP contribution is 2.47. The molecule has 0 fully saturated rings. The summed E-state index contributed by atoms with van der Waals surface area (Å²) in [5.74, 6) is -1.32. The van der Waals surface area contributed by atoms with Crippen LogP contribution in [0.25, 0.3) is 0 Å². The number of carbonyl (C=O) groups is 3. The van der Waals surface area contributed by atoms with Crippen molar-refractivity contribution in [1.82, 2.24) is 0 Å². The van der Waals surface area contributed by atoms with Gasteiger partial charge in [-0.1, -0.05) is 18.2 Å². The van der Waals surface area contributed by atoms with Gasteiger partial charge in [0.2, 0.25) is 0 Å². The van der Waals surface area contributed by atoms with Gasteiger partial charge < -0.3 is 23.7 Å². The molecule has 0 amide bonds. The van der Waals surface area contributed by atoms with E-state index >= 15 is 0 Å². The third-order valence-electron chi connectivity index (χ3n) is 7.24. The van der Waals surface area contributed by atoms with Crippen LogP contribution in [0, 0.1) is 5.92 Å². The van der Waals surface area contributed by atoms with Crippen LogP contribution in [0.15, 0.2) is 58.7 Å². The number of Topliss-reactive ketones (excluding diaryl/α,β-unsaturated/α-hetero) is 1. The number of hydrogen-bond donors (Lipinski definition) is 0. The number of nitrogens with zero attached hydrogens (tertiary/aromatic N) is 1. The van der Waals surface area contributed by atoms with Gasteiger partial charge in [0, 0.05) is 36.4 Å². The molecule has 1 heterocycles. The van der Waals surface area contributed by atoms with E-state index in [0.29, 0.717) is 40.5 Å². The summed E-state index contributed by atoms with van der Waals surface area (Å²) >= 11 is 0. The number of methoxy groups -OCH3 is 4. The zero-order chi connectivity index (χ0) is 28.1. The molecule has 1 aliphatic heterocycles. The Kier molecular flexibility index (Phi) is 8.81. The van der Waals surface area contributed by atoms with E-state index in [1.807, 2.05) is 18.2 Å². The number of ether oxygens (including phenoxy) is 5. The monoisotopic (exact) mass is 535 g/mol. The summed E-state index contributed by atoms with van der Waals surface area (Å²) in [6.07, 6.45) is 0.779. The third kappa shape index (κ3) is 5.73. The molecule has 2 aliphatic rings. The normalized spacial score (nSPS) is 20.6. The highest BCUT2D eigenvalue weighted by Gasteiger charge is 2.44. The SMILES string of the molecule is COCCOC(=O)C1C(C)=NC2=C(C(=O)C[C@@H](c3ccc(OC)c(OC)c3)C2)[C@@H]1c1ccc(C(=O)OC)cc1. The molecule has 3 atom stereocenters. The van der Waals surface area contributed by atoms with E-state index in [4.69, 9.17) is 28.7 Å². The highest BCUT2D eigenvalue weighted by molar-refractivity contribution is 6.09. The van der Waals surface area contributed by atoms with Crippen LogP contribution in [0.4, 0.5) is 0 Å². The van der Waals surface area contributed by atoms with Crippen molar-refractivity contribution in [3.63, 3.8) is 0 Å². The molecule has 0 aromatic heterocycles. The number of aliphatic imine (C=N–C) groups is 1. The van der Waals surface area contributed by atoms with Gasteiger partial charge in [-0.3, -0.25) is 14.6 Å². The second kappa shape index (κ2) is 12.3. The fourth-order valence-corrected chi connectivity index (χ4v) is 5.33. The maximum Gasteiger partial charge on any atom is 0.337 e. The maximum absolute atomic E-state index is 13.8. The number of allylic oxidation sites excluding steroid dienone is 2. The van der Waals surface area contributed by atoms with E-state index in [2.05, 4.69) is 0 Å². The van der Waals surface area contributed by atoms with Gasteiger partial charge in [0.15, 0.2) is 17.3 Å². The average molecular weight is 536 g/mol. The Balaban J connectivity index is 1.74. The van der Waals surface area contributed by atoms with Crippen molar-refractivity contribution >= 4 is 23.4 Å². The summed E-state index contributed by atoms with van der Waals surface area (Å²) in [6.45, 7) is 2.13. The molecule has 206 valence electrons. The molecule has 9 heteroatoms. The molecule has 9 nitrogen and oxygen atoms in total. The Labute approximate surface area is 227 Å². The number of ketones is 1. The van der Waals surface area contributed by atoms with Crippen molar-refractivity contribution in [3.8, 4) is 11.5 Å². The molecular formula is C30H33NO8. The number of carbonyl (C=O) groups excluding carboxylic acids is 3. The minimum Gasteiger partial charge on any atom is -0.493 e. The molecule has 2 aromatic rings. The molecule has 0 saturated heterocycles.